The summed E-state index contributed by atoms with van der Waals surface area (Å²) in [5.74, 6) is 0.810. The van der Waals surface area contributed by atoms with Crippen molar-refractivity contribution in [2.24, 2.45) is 0 Å². The summed E-state index contributed by atoms with van der Waals surface area (Å²) in [6.07, 6.45) is 0. The van der Waals surface area contributed by atoms with Crippen LogP contribution in [0.25, 0.3) is 0 Å². The fourth-order valence-corrected chi connectivity index (χ4v) is 2.55. The fourth-order valence-electron chi connectivity index (χ4n) is 1.82. The molecule has 2 aromatic rings. The van der Waals surface area contributed by atoms with Crippen molar-refractivity contribution < 1.29 is 9.47 Å². The van der Waals surface area contributed by atoms with E-state index in [-0.39, 0.29) is 6.61 Å². The first-order chi connectivity index (χ1) is 10.5. The molecular formula is C16H12Cl3NO2. The van der Waals surface area contributed by atoms with Crippen LogP contribution in [0, 0.1) is 11.3 Å². The Hall–Kier alpha value is -1.60. The standard InChI is InChI=1S/C16H12Cl3NO2/c1-2-21-15-6-10(8-20)5-14(19)16(15)22-9-11-3-4-12(17)7-13(11)18/h3-7H,2,9H2,1H3. The molecular weight excluding hydrogens is 345 g/mol. The van der Waals surface area contributed by atoms with Gasteiger partial charge in [-0.3, -0.25) is 0 Å². The van der Waals surface area contributed by atoms with Crippen molar-refractivity contribution in [2.45, 2.75) is 13.5 Å². The van der Waals surface area contributed by atoms with E-state index < -0.39 is 0 Å². The second kappa shape index (κ2) is 7.60. The molecule has 0 heterocycles. The van der Waals surface area contributed by atoms with E-state index in [0.29, 0.717) is 38.7 Å². The van der Waals surface area contributed by atoms with Gasteiger partial charge in [0, 0.05) is 21.7 Å². The number of nitrogens with zero attached hydrogens (tertiary/aromatic N) is 1. The lowest BCUT2D eigenvalue weighted by atomic mass is 10.2. The van der Waals surface area contributed by atoms with Gasteiger partial charge in [0.1, 0.15) is 6.61 Å². The summed E-state index contributed by atoms with van der Waals surface area (Å²) in [6.45, 7) is 2.48. The Morgan fingerprint density at radius 2 is 1.82 bits per heavy atom. The topological polar surface area (TPSA) is 42.2 Å². The Kier molecular flexibility index (Phi) is 5.79. The van der Waals surface area contributed by atoms with Gasteiger partial charge in [-0.2, -0.15) is 5.26 Å². The molecule has 0 atom stereocenters. The lowest BCUT2D eigenvalue weighted by Crippen LogP contribution is -2.01. The molecule has 0 N–H and O–H groups in total. The van der Waals surface area contributed by atoms with Gasteiger partial charge in [0.2, 0.25) is 0 Å². The van der Waals surface area contributed by atoms with Crippen molar-refractivity contribution >= 4 is 34.8 Å². The van der Waals surface area contributed by atoms with Gasteiger partial charge in [-0.25, -0.2) is 0 Å². The number of hydrogen-bond acceptors (Lipinski definition) is 3. The van der Waals surface area contributed by atoms with Crippen molar-refractivity contribution in [2.75, 3.05) is 6.61 Å². The molecule has 22 heavy (non-hydrogen) atoms. The molecule has 0 saturated carbocycles. The summed E-state index contributed by atoms with van der Waals surface area (Å²) in [7, 11) is 0. The number of hydrogen-bond donors (Lipinski definition) is 0. The van der Waals surface area contributed by atoms with Crippen LogP contribution in [-0.2, 0) is 6.61 Å². The summed E-state index contributed by atoms with van der Waals surface area (Å²) in [6, 6.07) is 10.3. The van der Waals surface area contributed by atoms with Gasteiger partial charge in [0.15, 0.2) is 11.5 Å². The van der Waals surface area contributed by atoms with Crippen LogP contribution in [0.2, 0.25) is 15.1 Å². The quantitative estimate of drug-likeness (QED) is 0.710. The van der Waals surface area contributed by atoms with Gasteiger partial charge < -0.3 is 9.47 Å². The average molecular weight is 357 g/mol. The molecule has 0 spiro atoms. The smallest absolute Gasteiger partial charge is 0.180 e. The molecule has 6 heteroatoms. The minimum atomic E-state index is 0.210. The van der Waals surface area contributed by atoms with E-state index in [4.69, 9.17) is 49.5 Å². The minimum absolute atomic E-state index is 0.210. The highest BCUT2D eigenvalue weighted by atomic mass is 35.5. The van der Waals surface area contributed by atoms with Crippen molar-refractivity contribution in [3.8, 4) is 17.6 Å². The zero-order valence-electron chi connectivity index (χ0n) is 11.7. The van der Waals surface area contributed by atoms with Crippen molar-refractivity contribution in [3.05, 3.63) is 56.5 Å². The summed E-state index contributed by atoms with van der Waals surface area (Å²) in [4.78, 5) is 0. The van der Waals surface area contributed by atoms with Crippen LogP contribution in [0.4, 0.5) is 0 Å². The van der Waals surface area contributed by atoms with Gasteiger partial charge >= 0.3 is 0 Å². The maximum absolute atomic E-state index is 8.98. The second-order valence-corrected chi connectivity index (χ2v) is 5.61. The summed E-state index contributed by atoms with van der Waals surface area (Å²) in [5, 5.41) is 10.4. The van der Waals surface area contributed by atoms with Crippen LogP contribution < -0.4 is 9.47 Å². The molecule has 0 fully saturated rings. The molecule has 0 aliphatic heterocycles. The Morgan fingerprint density at radius 3 is 2.45 bits per heavy atom. The first-order valence-corrected chi connectivity index (χ1v) is 7.61. The molecule has 0 unspecified atom stereocenters. The summed E-state index contributed by atoms with van der Waals surface area (Å²) < 4.78 is 11.2. The Labute approximate surface area is 143 Å². The monoisotopic (exact) mass is 355 g/mol. The molecule has 2 rings (SSSR count). The van der Waals surface area contributed by atoms with Crippen LogP contribution in [0.15, 0.2) is 30.3 Å². The molecule has 3 nitrogen and oxygen atoms in total. The highest BCUT2D eigenvalue weighted by Gasteiger charge is 2.13. The number of ether oxygens (including phenoxy) is 2. The molecule has 0 amide bonds. The molecule has 2 aromatic carbocycles. The Balaban J connectivity index is 2.27. The van der Waals surface area contributed by atoms with Crippen LogP contribution in [-0.4, -0.2) is 6.61 Å². The normalized spacial score (nSPS) is 10.1. The number of halogens is 3. The summed E-state index contributed by atoms with van der Waals surface area (Å²) >= 11 is 18.1. The third-order valence-electron chi connectivity index (χ3n) is 2.83. The average Bonchev–Trinajstić information content (AvgIpc) is 2.48. The lowest BCUT2D eigenvalue weighted by molar-refractivity contribution is 0.269. The van der Waals surface area contributed by atoms with E-state index in [1.165, 1.54) is 6.07 Å². The minimum Gasteiger partial charge on any atom is -0.490 e. The van der Waals surface area contributed by atoms with Crippen LogP contribution in [0.5, 0.6) is 11.5 Å². The van der Waals surface area contributed by atoms with Gasteiger partial charge in [-0.1, -0.05) is 40.9 Å². The van der Waals surface area contributed by atoms with Crippen LogP contribution in [0.3, 0.4) is 0 Å². The zero-order chi connectivity index (χ0) is 16.1. The first-order valence-electron chi connectivity index (χ1n) is 6.48. The number of rotatable bonds is 5. The highest BCUT2D eigenvalue weighted by Crippen LogP contribution is 2.37. The van der Waals surface area contributed by atoms with Gasteiger partial charge in [-0.05, 0) is 25.1 Å². The van der Waals surface area contributed by atoms with Crippen LogP contribution >= 0.6 is 34.8 Å². The molecule has 0 aliphatic rings. The highest BCUT2D eigenvalue weighted by molar-refractivity contribution is 6.35. The number of benzene rings is 2. The molecule has 114 valence electrons. The maximum Gasteiger partial charge on any atom is 0.180 e. The third kappa shape index (κ3) is 3.98. The lowest BCUT2D eigenvalue weighted by Gasteiger charge is -2.14. The van der Waals surface area contributed by atoms with E-state index in [2.05, 4.69) is 0 Å². The number of nitriles is 1. The van der Waals surface area contributed by atoms with Crippen molar-refractivity contribution in [1.82, 2.24) is 0 Å². The predicted molar refractivity (Wildman–Crippen MR) is 88.1 cm³/mol. The third-order valence-corrected chi connectivity index (χ3v) is 3.69. The first kappa shape index (κ1) is 16.8. The molecule has 0 saturated heterocycles. The van der Waals surface area contributed by atoms with E-state index in [1.807, 2.05) is 13.0 Å². The molecule has 0 aromatic heterocycles. The second-order valence-electron chi connectivity index (χ2n) is 4.35. The van der Waals surface area contributed by atoms with E-state index in [1.54, 1.807) is 24.3 Å². The Morgan fingerprint density at radius 1 is 1.05 bits per heavy atom. The molecule has 0 bridgehead atoms. The van der Waals surface area contributed by atoms with Crippen LogP contribution in [0.1, 0.15) is 18.1 Å². The fraction of sp³-hybridized carbons (Fsp3) is 0.188. The largest absolute Gasteiger partial charge is 0.490 e. The zero-order valence-corrected chi connectivity index (χ0v) is 14.0. The van der Waals surface area contributed by atoms with Gasteiger partial charge in [-0.15, -0.1) is 0 Å². The van der Waals surface area contributed by atoms with Gasteiger partial charge in [0.05, 0.1) is 23.3 Å². The van der Waals surface area contributed by atoms with Crippen molar-refractivity contribution in [3.63, 3.8) is 0 Å². The molecule has 0 radical (unpaired) electrons. The van der Waals surface area contributed by atoms with E-state index in [0.717, 1.165) is 5.56 Å². The van der Waals surface area contributed by atoms with E-state index >= 15 is 0 Å². The van der Waals surface area contributed by atoms with Crippen molar-refractivity contribution in [1.29, 1.82) is 5.26 Å². The SMILES string of the molecule is CCOc1cc(C#N)cc(Cl)c1OCc1ccc(Cl)cc1Cl. The van der Waals surface area contributed by atoms with E-state index in [9.17, 15) is 0 Å². The predicted octanol–water partition coefficient (Wildman–Crippen LogP) is 5.50. The Bertz CT molecular complexity index is 726. The maximum atomic E-state index is 8.98. The molecule has 0 aliphatic carbocycles. The van der Waals surface area contributed by atoms with Gasteiger partial charge in [0.25, 0.3) is 0 Å². The summed E-state index contributed by atoms with van der Waals surface area (Å²) in [5.41, 5.74) is 1.18.